The number of fused-ring (bicyclic) bond motifs is 2. The number of hydrogen-bond acceptors (Lipinski definition) is 5. The van der Waals surface area contributed by atoms with E-state index in [9.17, 15) is 4.79 Å². The zero-order valence-electron chi connectivity index (χ0n) is 18.2. The number of benzodiazepines with no additional fused rings is 1. The number of likely N-dealkylation sites (N-methyl/N-ethyl adjacent to an activating group) is 1. The number of nitrogens with one attached hydrogen (secondary N) is 2. The van der Waals surface area contributed by atoms with Crippen molar-refractivity contribution in [3.63, 3.8) is 0 Å². The van der Waals surface area contributed by atoms with E-state index in [1.165, 1.54) is 0 Å². The van der Waals surface area contributed by atoms with Gasteiger partial charge in [0.1, 0.15) is 0 Å². The number of ether oxygens (including phenoxy) is 2. The summed E-state index contributed by atoms with van der Waals surface area (Å²) in [5, 5.41) is 7.08. The minimum absolute atomic E-state index is 0.221. The molecule has 3 aromatic rings. The Morgan fingerprint density at radius 1 is 1.12 bits per heavy atom. The summed E-state index contributed by atoms with van der Waals surface area (Å²) >= 11 is 11.8. The third kappa shape index (κ3) is 4.42. The molecule has 3 aromatic carbocycles. The molecule has 1 amide bonds. The van der Waals surface area contributed by atoms with Gasteiger partial charge in [0.25, 0.3) is 5.91 Å². The molecule has 0 bridgehead atoms. The molecule has 1 unspecified atom stereocenters. The van der Waals surface area contributed by atoms with Crippen LogP contribution in [0.2, 0.25) is 5.02 Å². The first-order valence-electron chi connectivity index (χ1n) is 10.6. The van der Waals surface area contributed by atoms with Gasteiger partial charge in [-0.1, -0.05) is 48.0 Å². The minimum Gasteiger partial charge on any atom is -0.454 e. The van der Waals surface area contributed by atoms with Crippen LogP contribution in [0.3, 0.4) is 0 Å². The van der Waals surface area contributed by atoms with E-state index in [1.807, 2.05) is 60.7 Å². The number of carbonyl (C=O) groups is 1. The fraction of sp³-hybridized carbons (Fsp3) is 0.160. The molecule has 2 N–H and O–H groups in total. The van der Waals surface area contributed by atoms with Crippen molar-refractivity contribution < 1.29 is 14.3 Å². The maximum Gasteiger partial charge on any atom is 0.272 e. The molecule has 0 aromatic heterocycles. The second-order valence-corrected chi connectivity index (χ2v) is 8.66. The Kier molecular flexibility index (Phi) is 6.08. The van der Waals surface area contributed by atoms with E-state index in [-0.39, 0.29) is 12.7 Å². The van der Waals surface area contributed by atoms with Gasteiger partial charge in [-0.05, 0) is 48.1 Å². The molecule has 5 rings (SSSR count). The van der Waals surface area contributed by atoms with Crippen molar-refractivity contribution in [3.8, 4) is 11.5 Å². The van der Waals surface area contributed by atoms with Crippen LogP contribution >= 0.6 is 23.8 Å². The van der Waals surface area contributed by atoms with E-state index in [2.05, 4.69) is 10.6 Å². The maximum atomic E-state index is 13.3. The molecule has 2 aliphatic heterocycles. The zero-order chi connectivity index (χ0) is 23.7. The molecule has 0 saturated carbocycles. The second-order valence-electron chi connectivity index (χ2n) is 7.82. The summed E-state index contributed by atoms with van der Waals surface area (Å²) in [7, 11) is 1.72. The monoisotopic (exact) mass is 492 g/mol. The summed E-state index contributed by atoms with van der Waals surface area (Å²) in [6.45, 7) is 0.670. The van der Waals surface area contributed by atoms with Crippen LogP contribution in [0.5, 0.6) is 11.5 Å². The molecule has 0 spiro atoms. The number of anilines is 1. The molecule has 0 aliphatic carbocycles. The first kappa shape index (κ1) is 22.2. The number of thiocarbonyl (C=S) groups is 1. The molecule has 7 nitrogen and oxygen atoms in total. The predicted molar refractivity (Wildman–Crippen MR) is 136 cm³/mol. The topological polar surface area (TPSA) is 75.2 Å². The van der Waals surface area contributed by atoms with Gasteiger partial charge < -0.3 is 25.0 Å². The Morgan fingerprint density at radius 3 is 2.74 bits per heavy atom. The average Bonchev–Trinajstić information content (AvgIpc) is 3.29. The Labute approximate surface area is 207 Å². The van der Waals surface area contributed by atoms with Crippen molar-refractivity contribution in [2.75, 3.05) is 18.7 Å². The quantitative estimate of drug-likeness (QED) is 0.538. The summed E-state index contributed by atoms with van der Waals surface area (Å²) < 4.78 is 10.8. The van der Waals surface area contributed by atoms with Crippen LogP contribution in [0, 0.1) is 0 Å². The molecule has 1 atom stereocenters. The predicted octanol–water partition coefficient (Wildman–Crippen LogP) is 3.87. The van der Waals surface area contributed by atoms with Gasteiger partial charge in [0.05, 0.1) is 11.4 Å². The highest BCUT2D eigenvalue weighted by atomic mass is 35.5. The molecule has 172 valence electrons. The summed E-state index contributed by atoms with van der Waals surface area (Å²) in [4.78, 5) is 19.7. The first-order chi connectivity index (χ1) is 16.5. The molecular formula is C25H21ClN4O3S. The lowest BCUT2D eigenvalue weighted by atomic mass is 10.0. The highest BCUT2D eigenvalue weighted by Gasteiger charge is 2.30. The molecule has 9 heteroatoms. The summed E-state index contributed by atoms with van der Waals surface area (Å²) in [6.07, 6.45) is -0.914. The smallest absolute Gasteiger partial charge is 0.272 e. The molecule has 2 heterocycles. The standard InChI is InChI=1S/C25H21ClN4O3S/c1-30-19-9-8-17(26)12-18(19)22(16-5-3-2-4-6-16)28-23(24(30)31)29-25(34)27-13-15-7-10-20-21(11-15)33-14-32-20/h2-12,23H,13-14H2,1H3,(H2,27,29,34). The number of aliphatic imine (C=N–C) groups is 1. The number of hydrogen-bond donors (Lipinski definition) is 2. The van der Waals surface area contributed by atoms with Crippen molar-refractivity contribution in [1.29, 1.82) is 0 Å². The highest BCUT2D eigenvalue weighted by Crippen LogP contribution is 2.32. The van der Waals surface area contributed by atoms with Gasteiger partial charge in [-0.2, -0.15) is 0 Å². The number of amides is 1. The van der Waals surface area contributed by atoms with Crippen molar-refractivity contribution in [2.24, 2.45) is 4.99 Å². The molecule has 34 heavy (non-hydrogen) atoms. The van der Waals surface area contributed by atoms with Crippen LogP contribution in [0.4, 0.5) is 5.69 Å². The van der Waals surface area contributed by atoms with Crippen LogP contribution in [0.15, 0.2) is 71.7 Å². The number of rotatable bonds is 4. The SMILES string of the molecule is CN1C(=O)C(NC(=S)NCc2ccc3c(c2)OCO3)N=C(c2ccccc2)c2cc(Cl)ccc21. The molecular weight excluding hydrogens is 472 g/mol. The van der Waals surface area contributed by atoms with Gasteiger partial charge in [0.15, 0.2) is 16.6 Å². The fourth-order valence-corrected chi connectivity index (χ4v) is 4.23. The van der Waals surface area contributed by atoms with Crippen molar-refractivity contribution in [2.45, 2.75) is 12.7 Å². The average molecular weight is 493 g/mol. The number of halogens is 1. The lowest BCUT2D eigenvalue weighted by Gasteiger charge is -2.22. The maximum absolute atomic E-state index is 13.3. The van der Waals surface area contributed by atoms with Crippen molar-refractivity contribution in [3.05, 3.63) is 88.4 Å². The number of carbonyl (C=O) groups excluding carboxylic acids is 1. The summed E-state index contributed by atoms with van der Waals surface area (Å²) in [5.41, 5.74) is 4.00. The van der Waals surface area contributed by atoms with Crippen LogP contribution in [-0.2, 0) is 11.3 Å². The summed E-state index contributed by atoms with van der Waals surface area (Å²) in [5.74, 6) is 1.19. The van der Waals surface area contributed by atoms with Crippen molar-refractivity contribution in [1.82, 2.24) is 10.6 Å². The van der Waals surface area contributed by atoms with Gasteiger partial charge in [-0.15, -0.1) is 0 Å². The number of benzene rings is 3. The third-order valence-corrected chi connectivity index (χ3v) is 6.10. The largest absolute Gasteiger partial charge is 0.454 e. The Morgan fingerprint density at radius 2 is 1.91 bits per heavy atom. The molecule has 2 aliphatic rings. The fourth-order valence-electron chi connectivity index (χ4n) is 3.87. The van der Waals surface area contributed by atoms with Crippen LogP contribution in [-0.4, -0.2) is 36.7 Å². The van der Waals surface area contributed by atoms with Crippen LogP contribution in [0.1, 0.15) is 16.7 Å². The van der Waals surface area contributed by atoms with Gasteiger partial charge in [0, 0.05) is 29.7 Å². The highest BCUT2D eigenvalue weighted by molar-refractivity contribution is 7.80. The molecule has 0 fully saturated rings. The van der Waals surface area contributed by atoms with E-state index < -0.39 is 6.17 Å². The molecule has 0 radical (unpaired) electrons. The Bertz CT molecular complexity index is 1300. The lowest BCUT2D eigenvalue weighted by molar-refractivity contribution is -0.119. The van der Waals surface area contributed by atoms with Gasteiger partial charge in [-0.25, -0.2) is 4.99 Å². The van der Waals surface area contributed by atoms with Gasteiger partial charge >= 0.3 is 0 Å². The van der Waals surface area contributed by atoms with E-state index in [4.69, 9.17) is 38.3 Å². The third-order valence-electron chi connectivity index (χ3n) is 5.60. The second kappa shape index (κ2) is 9.32. The first-order valence-corrected chi connectivity index (χ1v) is 11.4. The lowest BCUT2D eigenvalue weighted by Crippen LogP contribution is -2.49. The minimum atomic E-state index is -0.914. The molecule has 0 saturated heterocycles. The van der Waals surface area contributed by atoms with Gasteiger partial charge in [0.2, 0.25) is 13.0 Å². The normalized spacial score (nSPS) is 16.4. The Hall–Kier alpha value is -3.62. The van der Waals surface area contributed by atoms with Crippen molar-refractivity contribution >= 4 is 46.2 Å². The van der Waals surface area contributed by atoms with Crippen LogP contribution < -0.4 is 25.0 Å². The van der Waals surface area contributed by atoms with Crippen LogP contribution in [0.25, 0.3) is 0 Å². The van der Waals surface area contributed by atoms with E-state index >= 15 is 0 Å². The van der Waals surface area contributed by atoms with E-state index in [0.717, 1.165) is 28.1 Å². The van der Waals surface area contributed by atoms with E-state index in [1.54, 1.807) is 18.0 Å². The Balaban J connectivity index is 1.39. The zero-order valence-corrected chi connectivity index (χ0v) is 19.8. The number of nitrogens with zero attached hydrogens (tertiary/aromatic N) is 2. The summed E-state index contributed by atoms with van der Waals surface area (Å²) in [6, 6.07) is 20.8. The van der Waals surface area contributed by atoms with E-state index in [0.29, 0.717) is 28.1 Å². The van der Waals surface area contributed by atoms with Gasteiger partial charge in [-0.3, -0.25) is 4.79 Å².